The quantitative estimate of drug-likeness (QED) is 0.0799. The number of hydrazine groups is 1. The second kappa shape index (κ2) is 16.5. The molecular formula is C42H38F3N3O4. The average Bonchev–Trinajstić information content (AvgIpc) is 3.56. The van der Waals surface area contributed by atoms with Gasteiger partial charge in [-0.3, -0.25) is 10.2 Å². The van der Waals surface area contributed by atoms with Gasteiger partial charge in [0.15, 0.2) is 11.6 Å². The van der Waals surface area contributed by atoms with Gasteiger partial charge < -0.3 is 14.6 Å². The summed E-state index contributed by atoms with van der Waals surface area (Å²) in [4.78, 5) is 19.5. The van der Waals surface area contributed by atoms with Crippen LogP contribution < -0.4 is 15.6 Å². The molecule has 1 aliphatic rings. The summed E-state index contributed by atoms with van der Waals surface area (Å²) in [7, 11) is 0. The Labute approximate surface area is 300 Å². The first-order chi connectivity index (χ1) is 25.2. The van der Waals surface area contributed by atoms with E-state index in [4.69, 9.17) is 19.6 Å². The van der Waals surface area contributed by atoms with Crippen LogP contribution in [0.3, 0.4) is 0 Å². The van der Waals surface area contributed by atoms with Crippen molar-refractivity contribution in [2.24, 2.45) is 4.99 Å². The van der Waals surface area contributed by atoms with Crippen LogP contribution in [0, 0.1) is 0 Å². The minimum atomic E-state index is -4.44. The van der Waals surface area contributed by atoms with Gasteiger partial charge in [0.05, 0.1) is 12.2 Å². The minimum absolute atomic E-state index is 0.0263. The molecule has 0 fully saturated rings. The lowest BCUT2D eigenvalue weighted by atomic mass is 9.84. The van der Waals surface area contributed by atoms with E-state index in [9.17, 15) is 18.0 Å². The van der Waals surface area contributed by atoms with Gasteiger partial charge in [-0.25, -0.2) is 10.4 Å². The van der Waals surface area contributed by atoms with Crippen molar-refractivity contribution in [1.82, 2.24) is 10.9 Å². The number of aliphatic hydroxyl groups excluding tert-OH is 1. The Bertz CT molecular complexity index is 1970. The van der Waals surface area contributed by atoms with Crippen LogP contribution in [-0.2, 0) is 22.3 Å². The molecule has 0 bridgehead atoms. The van der Waals surface area contributed by atoms with Crippen molar-refractivity contribution in [2.45, 2.75) is 37.2 Å². The monoisotopic (exact) mass is 705 g/mol. The normalized spacial score (nSPS) is 17.1. The van der Waals surface area contributed by atoms with Gasteiger partial charge in [-0.1, -0.05) is 109 Å². The van der Waals surface area contributed by atoms with Crippen LogP contribution in [0.5, 0.6) is 5.75 Å². The second-order valence-electron chi connectivity index (χ2n) is 12.3. The average molecular weight is 706 g/mol. The fourth-order valence-corrected chi connectivity index (χ4v) is 5.88. The molecule has 5 aromatic rings. The minimum Gasteiger partial charge on any atom is -0.494 e. The third kappa shape index (κ3) is 8.77. The van der Waals surface area contributed by atoms with E-state index in [2.05, 4.69) is 10.9 Å². The largest absolute Gasteiger partial charge is 0.494 e. The van der Waals surface area contributed by atoms with E-state index in [1.165, 1.54) is 12.1 Å². The lowest BCUT2D eigenvalue weighted by molar-refractivity contribution is -0.137. The first kappa shape index (κ1) is 36.1. The van der Waals surface area contributed by atoms with Crippen LogP contribution in [0.25, 0.3) is 17.2 Å². The van der Waals surface area contributed by atoms with Gasteiger partial charge in [-0.15, -0.1) is 0 Å². The zero-order valence-corrected chi connectivity index (χ0v) is 28.2. The number of hydrogen-bond donors (Lipinski definition) is 3. The number of rotatable bonds is 14. The smallest absolute Gasteiger partial charge is 0.416 e. The van der Waals surface area contributed by atoms with Crippen LogP contribution in [0.2, 0.25) is 0 Å². The third-order valence-corrected chi connectivity index (χ3v) is 8.67. The van der Waals surface area contributed by atoms with E-state index in [-0.39, 0.29) is 25.5 Å². The molecule has 0 aromatic heterocycles. The molecule has 0 radical (unpaired) electrons. The van der Waals surface area contributed by atoms with Gasteiger partial charge in [0.2, 0.25) is 5.90 Å². The number of nitrogens with zero attached hydrogens (tertiary/aromatic N) is 1. The standard InChI is InChI=1S/C42H38F3N3O4/c43-42(44,45)36-22-14-31(15-23-36)29-46-48-40(50)41(26-7-11-30-9-3-1-4-10-30)38(34-18-16-33(17-19-34)32-12-5-2-6-13-32)52-39(47-41)35-20-24-37(25-21-35)51-28-8-27-49/h1-7,9-25,38,46,49H,8,26-29H2,(H,48,50)/b11-7+/t38-,41-/m0/s1. The van der Waals surface area contributed by atoms with Crippen LogP contribution in [-0.4, -0.2) is 35.7 Å². The summed E-state index contributed by atoms with van der Waals surface area (Å²) in [5.41, 5.74) is 8.34. The number of benzene rings is 5. The summed E-state index contributed by atoms with van der Waals surface area (Å²) in [6.45, 7) is 0.467. The highest BCUT2D eigenvalue weighted by atomic mass is 19.4. The molecule has 1 amide bonds. The molecule has 52 heavy (non-hydrogen) atoms. The summed E-state index contributed by atoms with van der Waals surface area (Å²) in [6, 6.07) is 39.4. The predicted molar refractivity (Wildman–Crippen MR) is 195 cm³/mol. The summed E-state index contributed by atoms with van der Waals surface area (Å²) < 4.78 is 51.6. The fraction of sp³-hybridized carbons (Fsp3) is 0.190. The molecule has 266 valence electrons. The summed E-state index contributed by atoms with van der Waals surface area (Å²) in [5.74, 6) is 0.407. The van der Waals surface area contributed by atoms with E-state index in [1.54, 1.807) is 24.3 Å². The maximum absolute atomic E-state index is 14.5. The van der Waals surface area contributed by atoms with Crippen molar-refractivity contribution < 1.29 is 32.5 Å². The number of amides is 1. The van der Waals surface area contributed by atoms with Gasteiger partial charge in [0, 0.05) is 31.6 Å². The van der Waals surface area contributed by atoms with E-state index in [1.807, 2.05) is 97.1 Å². The molecule has 7 nitrogen and oxygen atoms in total. The van der Waals surface area contributed by atoms with Crippen molar-refractivity contribution in [3.63, 3.8) is 0 Å². The molecule has 0 unspecified atom stereocenters. The van der Waals surface area contributed by atoms with Crippen LogP contribution in [0.15, 0.2) is 145 Å². The Kier molecular flexibility index (Phi) is 11.5. The predicted octanol–water partition coefficient (Wildman–Crippen LogP) is 8.32. The van der Waals surface area contributed by atoms with E-state index < -0.39 is 29.3 Å². The number of hydrogen-bond acceptors (Lipinski definition) is 6. The highest BCUT2D eigenvalue weighted by molar-refractivity contribution is 6.01. The topological polar surface area (TPSA) is 92.2 Å². The van der Waals surface area contributed by atoms with Gasteiger partial charge >= 0.3 is 6.18 Å². The first-order valence-electron chi connectivity index (χ1n) is 16.9. The van der Waals surface area contributed by atoms with Crippen LogP contribution >= 0.6 is 0 Å². The molecule has 3 N–H and O–H groups in total. The lowest BCUT2D eigenvalue weighted by Gasteiger charge is -2.30. The van der Waals surface area contributed by atoms with Crippen molar-refractivity contribution in [3.05, 3.63) is 167 Å². The molecule has 1 heterocycles. The molecule has 0 spiro atoms. The SMILES string of the molecule is O=C(NNCc1ccc(C(F)(F)F)cc1)[C@@]1(C/C=C/c2ccccc2)N=C(c2ccc(OCCCO)cc2)O[C@H]1c1ccc(-c2ccccc2)cc1. The third-order valence-electron chi connectivity index (χ3n) is 8.67. The number of aliphatic imine (C=N–C) groups is 1. The van der Waals surface area contributed by atoms with Crippen LogP contribution in [0.4, 0.5) is 13.2 Å². The Hall–Kier alpha value is -5.71. The fourth-order valence-electron chi connectivity index (χ4n) is 5.88. The summed E-state index contributed by atoms with van der Waals surface area (Å²) >= 11 is 0. The molecule has 2 atom stereocenters. The summed E-state index contributed by atoms with van der Waals surface area (Å²) in [5, 5.41) is 9.10. The molecular weight excluding hydrogens is 667 g/mol. The molecule has 6 rings (SSSR count). The lowest BCUT2D eigenvalue weighted by Crippen LogP contribution is -2.52. The molecule has 10 heteroatoms. The molecule has 0 aliphatic carbocycles. The first-order valence-corrected chi connectivity index (χ1v) is 16.9. The van der Waals surface area contributed by atoms with Gasteiger partial charge in [-0.05, 0) is 64.2 Å². The van der Waals surface area contributed by atoms with Crippen molar-refractivity contribution in [3.8, 4) is 16.9 Å². The molecule has 5 aromatic carbocycles. The van der Waals surface area contributed by atoms with E-state index in [0.717, 1.165) is 34.4 Å². The number of aliphatic hydroxyl groups is 1. The van der Waals surface area contributed by atoms with Crippen LogP contribution in [0.1, 0.15) is 46.8 Å². The number of carbonyl (C=O) groups is 1. The van der Waals surface area contributed by atoms with Gasteiger partial charge in [0.1, 0.15) is 5.75 Å². The zero-order valence-electron chi connectivity index (χ0n) is 28.2. The Morgan fingerprint density at radius 3 is 2.12 bits per heavy atom. The number of carbonyl (C=O) groups excluding carboxylic acids is 1. The van der Waals surface area contributed by atoms with Gasteiger partial charge in [-0.2, -0.15) is 13.2 Å². The molecule has 0 saturated carbocycles. The van der Waals surface area contributed by atoms with E-state index >= 15 is 0 Å². The molecule has 0 saturated heterocycles. The summed E-state index contributed by atoms with van der Waals surface area (Å²) in [6.07, 6.45) is -0.813. The Morgan fingerprint density at radius 1 is 0.827 bits per heavy atom. The second-order valence-corrected chi connectivity index (χ2v) is 12.3. The van der Waals surface area contributed by atoms with Crippen molar-refractivity contribution in [2.75, 3.05) is 13.2 Å². The van der Waals surface area contributed by atoms with Crippen molar-refractivity contribution >= 4 is 17.9 Å². The number of ether oxygens (including phenoxy) is 2. The maximum Gasteiger partial charge on any atom is 0.416 e. The zero-order chi connectivity index (χ0) is 36.4. The molecule has 1 aliphatic heterocycles. The van der Waals surface area contributed by atoms with E-state index in [0.29, 0.717) is 29.9 Å². The maximum atomic E-state index is 14.5. The number of alkyl halides is 3. The Balaban J connectivity index is 1.33. The number of halogens is 3. The van der Waals surface area contributed by atoms with Gasteiger partial charge in [0.25, 0.3) is 5.91 Å². The highest BCUT2D eigenvalue weighted by Gasteiger charge is 2.52. The Morgan fingerprint density at radius 2 is 1.46 bits per heavy atom. The number of nitrogens with one attached hydrogen (secondary N) is 2. The highest BCUT2D eigenvalue weighted by Crippen LogP contribution is 2.43. The van der Waals surface area contributed by atoms with Crippen molar-refractivity contribution in [1.29, 1.82) is 0 Å².